The minimum Gasteiger partial charge on any atom is -0.381 e. The summed E-state index contributed by atoms with van der Waals surface area (Å²) in [4.78, 5) is 12.8. The second-order valence-electron chi connectivity index (χ2n) is 8.46. The summed E-state index contributed by atoms with van der Waals surface area (Å²) in [6.45, 7) is 4.69. The number of hydrogen-bond acceptors (Lipinski definition) is 7. The van der Waals surface area contributed by atoms with Gasteiger partial charge in [0, 0.05) is 31.9 Å². The van der Waals surface area contributed by atoms with Gasteiger partial charge in [-0.3, -0.25) is 4.79 Å². The fourth-order valence-electron chi connectivity index (χ4n) is 4.03. The topological polar surface area (TPSA) is 109 Å². The van der Waals surface area contributed by atoms with E-state index in [9.17, 15) is 13.2 Å². The Labute approximate surface area is 200 Å². The maximum atomic E-state index is 13.2. The lowest BCUT2D eigenvalue weighted by molar-refractivity contribution is -0.114. The molecule has 1 amide bonds. The minimum atomic E-state index is -3.66. The number of hydrogen-bond donors (Lipinski definition) is 3. The van der Waals surface area contributed by atoms with Crippen molar-refractivity contribution >= 4 is 33.0 Å². The number of anilines is 3. The third-order valence-corrected chi connectivity index (χ3v) is 7.90. The number of rotatable bonds is 9. The third-order valence-electron chi connectivity index (χ3n) is 6.00. The van der Waals surface area contributed by atoms with Crippen LogP contribution < -0.4 is 16.0 Å². The SMILES string of the molecule is Cc1ccccc1NC(=O)CNc1cc(S(=O)(=O)N2CCOCC2)ccc1NCC1CCCO1. The van der Waals surface area contributed by atoms with Crippen LogP contribution in [0.3, 0.4) is 0 Å². The number of nitrogens with zero attached hydrogens (tertiary/aromatic N) is 1. The Morgan fingerprint density at radius 3 is 2.56 bits per heavy atom. The third kappa shape index (κ3) is 6.06. The zero-order valence-corrected chi connectivity index (χ0v) is 20.2. The Kier molecular flexibility index (Phi) is 8.04. The predicted octanol–water partition coefficient (Wildman–Crippen LogP) is 2.66. The lowest BCUT2D eigenvalue weighted by atomic mass is 10.2. The molecule has 1 atom stereocenters. The zero-order valence-electron chi connectivity index (χ0n) is 19.4. The van der Waals surface area contributed by atoms with Crippen LogP contribution >= 0.6 is 0 Å². The predicted molar refractivity (Wildman–Crippen MR) is 132 cm³/mol. The van der Waals surface area contributed by atoms with E-state index in [4.69, 9.17) is 9.47 Å². The van der Waals surface area contributed by atoms with E-state index in [0.29, 0.717) is 38.5 Å². The summed E-state index contributed by atoms with van der Waals surface area (Å²) in [5.74, 6) is -0.221. The number of aryl methyl sites for hydroxylation is 1. The van der Waals surface area contributed by atoms with Crippen LogP contribution in [0.5, 0.6) is 0 Å². The fraction of sp³-hybridized carbons (Fsp3) is 0.458. The first-order chi connectivity index (χ1) is 16.4. The van der Waals surface area contributed by atoms with Crippen LogP contribution in [0.15, 0.2) is 47.4 Å². The molecule has 0 spiro atoms. The molecule has 0 bridgehead atoms. The van der Waals surface area contributed by atoms with Gasteiger partial charge in [0.05, 0.1) is 42.1 Å². The first-order valence-electron chi connectivity index (χ1n) is 11.6. The molecule has 184 valence electrons. The van der Waals surface area contributed by atoms with Crippen LogP contribution in [0.2, 0.25) is 0 Å². The summed E-state index contributed by atoms with van der Waals surface area (Å²) in [7, 11) is -3.66. The molecule has 2 aromatic carbocycles. The van der Waals surface area contributed by atoms with Crippen LogP contribution in [-0.4, -0.2) is 70.7 Å². The molecule has 2 aliphatic heterocycles. The first kappa shape index (κ1) is 24.5. The van der Waals surface area contributed by atoms with Crippen LogP contribution in [0.25, 0.3) is 0 Å². The smallest absolute Gasteiger partial charge is 0.243 e. The van der Waals surface area contributed by atoms with Gasteiger partial charge in [-0.05, 0) is 49.6 Å². The molecule has 2 fully saturated rings. The molecule has 0 saturated carbocycles. The van der Waals surface area contributed by atoms with Gasteiger partial charge in [-0.25, -0.2) is 8.42 Å². The molecule has 0 radical (unpaired) electrons. The molecule has 0 aliphatic carbocycles. The molecule has 1 unspecified atom stereocenters. The van der Waals surface area contributed by atoms with Gasteiger partial charge >= 0.3 is 0 Å². The van der Waals surface area contributed by atoms with E-state index in [2.05, 4.69) is 16.0 Å². The quantitative estimate of drug-likeness (QED) is 0.498. The molecule has 34 heavy (non-hydrogen) atoms. The molecule has 4 rings (SSSR count). The standard InChI is InChI=1S/C24H32N4O5S/c1-18-5-2-3-7-21(18)27-24(29)17-26-23-15-20(34(30,31)28-10-13-32-14-11-28)8-9-22(23)25-16-19-6-4-12-33-19/h2-3,5,7-9,15,19,25-26H,4,6,10-14,16-17H2,1H3,(H,27,29). The Morgan fingerprint density at radius 1 is 1.03 bits per heavy atom. The molecule has 0 aromatic heterocycles. The molecule has 2 saturated heterocycles. The van der Waals surface area contributed by atoms with Crippen molar-refractivity contribution in [2.45, 2.75) is 30.8 Å². The summed E-state index contributed by atoms with van der Waals surface area (Å²) < 4.78 is 38.7. The average Bonchev–Trinajstić information content (AvgIpc) is 3.37. The highest BCUT2D eigenvalue weighted by Gasteiger charge is 2.27. The normalized spacial score (nSPS) is 19.0. The van der Waals surface area contributed by atoms with Crippen LogP contribution in [0.1, 0.15) is 18.4 Å². The van der Waals surface area contributed by atoms with Gasteiger partial charge in [-0.1, -0.05) is 18.2 Å². The van der Waals surface area contributed by atoms with Gasteiger partial charge in [0.2, 0.25) is 15.9 Å². The van der Waals surface area contributed by atoms with Crippen LogP contribution in [0, 0.1) is 6.92 Å². The van der Waals surface area contributed by atoms with E-state index in [1.165, 1.54) is 4.31 Å². The van der Waals surface area contributed by atoms with Crippen molar-refractivity contribution in [1.29, 1.82) is 0 Å². The van der Waals surface area contributed by atoms with E-state index in [-0.39, 0.29) is 23.5 Å². The van der Waals surface area contributed by atoms with E-state index in [1.807, 2.05) is 31.2 Å². The number of para-hydroxylation sites is 1. The van der Waals surface area contributed by atoms with Crippen molar-refractivity contribution in [3.63, 3.8) is 0 Å². The number of ether oxygens (including phenoxy) is 2. The minimum absolute atomic E-state index is 0.00992. The number of morpholine rings is 1. The Balaban J connectivity index is 1.50. The molecule has 2 aliphatic rings. The fourth-order valence-corrected chi connectivity index (χ4v) is 5.47. The Morgan fingerprint density at radius 2 is 1.82 bits per heavy atom. The summed E-state index contributed by atoms with van der Waals surface area (Å²) in [6.07, 6.45) is 2.14. The number of carbonyl (C=O) groups is 1. The number of sulfonamides is 1. The Hall–Kier alpha value is -2.66. The molecular weight excluding hydrogens is 456 g/mol. The van der Waals surface area contributed by atoms with E-state index in [1.54, 1.807) is 18.2 Å². The number of carbonyl (C=O) groups excluding carboxylic acids is 1. The second kappa shape index (κ2) is 11.2. The van der Waals surface area contributed by atoms with Crippen molar-refractivity contribution in [3.05, 3.63) is 48.0 Å². The van der Waals surface area contributed by atoms with Crippen molar-refractivity contribution in [2.24, 2.45) is 0 Å². The van der Waals surface area contributed by atoms with Crippen LogP contribution in [0.4, 0.5) is 17.1 Å². The summed E-state index contributed by atoms with van der Waals surface area (Å²) in [6, 6.07) is 12.5. The maximum Gasteiger partial charge on any atom is 0.243 e. The molecule has 2 heterocycles. The van der Waals surface area contributed by atoms with Gasteiger partial charge in [0.15, 0.2) is 0 Å². The highest BCUT2D eigenvalue weighted by molar-refractivity contribution is 7.89. The number of benzene rings is 2. The van der Waals surface area contributed by atoms with Gasteiger partial charge in [-0.15, -0.1) is 0 Å². The van der Waals surface area contributed by atoms with E-state index in [0.717, 1.165) is 36.4 Å². The van der Waals surface area contributed by atoms with Gasteiger partial charge in [0.25, 0.3) is 0 Å². The average molecular weight is 489 g/mol. The summed E-state index contributed by atoms with van der Waals surface area (Å²) >= 11 is 0. The van der Waals surface area contributed by atoms with Gasteiger partial charge in [-0.2, -0.15) is 4.31 Å². The lowest BCUT2D eigenvalue weighted by Gasteiger charge is -2.26. The van der Waals surface area contributed by atoms with E-state index < -0.39 is 10.0 Å². The molecule has 10 heteroatoms. The van der Waals surface area contributed by atoms with Gasteiger partial charge in [0.1, 0.15) is 0 Å². The maximum absolute atomic E-state index is 13.2. The van der Waals surface area contributed by atoms with Crippen LogP contribution in [-0.2, 0) is 24.3 Å². The zero-order chi connectivity index (χ0) is 24.0. The second-order valence-corrected chi connectivity index (χ2v) is 10.4. The number of nitrogens with one attached hydrogen (secondary N) is 3. The van der Waals surface area contributed by atoms with E-state index >= 15 is 0 Å². The molecular formula is C24H32N4O5S. The van der Waals surface area contributed by atoms with Crippen molar-refractivity contribution in [2.75, 3.05) is 62.0 Å². The number of amides is 1. The molecule has 3 N–H and O–H groups in total. The highest BCUT2D eigenvalue weighted by Crippen LogP contribution is 2.28. The van der Waals surface area contributed by atoms with Crippen molar-refractivity contribution < 1.29 is 22.7 Å². The largest absolute Gasteiger partial charge is 0.381 e. The molecule has 2 aromatic rings. The molecule has 9 nitrogen and oxygen atoms in total. The Bertz CT molecular complexity index is 1100. The first-order valence-corrected chi connectivity index (χ1v) is 13.0. The monoisotopic (exact) mass is 488 g/mol. The highest BCUT2D eigenvalue weighted by atomic mass is 32.2. The van der Waals surface area contributed by atoms with Crippen molar-refractivity contribution in [1.82, 2.24) is 4.31 Å². The summed E-state index contributed by atoms with van der Waals surface area (Å²) in [5.41, 5.74) is 2.98. The summed E-state index contributed by atoms with van der Waals surface area (Å²) in [5, 5.41) is 9.36. The van der Waals surface area contributed by atoms with Gasteiger partial charge < -0.3 is 25.4 Å². The van der Waals surface area contributed by atoms with Crippen molar-refractivity contribution in [3.8, 4) is 0 Å². The lowest BCUT2D eigenvalue weighted by Crippen LogP contribution is -2.40.